The van der Waals surface area contributed by atoms with E-state index in [9.17, 15) is 13.5 Å². The zero-order valence-electron chi connectivity index (χ0n) is 18.7. The maximum absolute atomic E-state index is 13.3. The van der Waals surface area contributed by atoms with E-state index >= 15 is 0 Å². The van der Waals surface area contributed by atoms with Crippen LogP contribution in [0.2, 0.25) is 0 Å². The molecule has 7 heteroatoms. The van der Waals surface area contributed by atoms with E-state index in [0.717, 1.165) is 5.56 Å². The molecule has 2 aromatic carbocycles. The Balaban J connectivity index is 1.70. The Hall–Kier alpha value is -3.39. The summed E-state index contributed by atoms with van der Waals surface area (Å²) in [5.74, 6) is -0.0681. The first-order chi connectivity index (χ1) is 16.5. The first kappa shape index (κ1) is 23.8. The number of rotatable bonds is 10. The van der Waals surface area contributed by atoms with Gasteiger partial charge in [0.15, 0.2) is 0 Å². The van der Waals surface area contributed by atoms with Crippen LogP contribution in [0.4, 0.5) is 0 Å². The predicted molar refractivity (Wildman–Crippen MR) is 132 cm³/mol. The fraction of sp³-hybridized carbons (Fsp3) is 0.185. The van der Waals surface area contributed by atoms with E-state index in [1.165, 1.54) is 0 Å². The van der Waals surface area contributed by atoms with Gasteiger partial charge in [0, 0.05) is 35.9 Å². The van der Waals surface area contributed by atoms with Crippen LogP contribution in [0.1, 0.15) is 34.7 Å². The van der Waals surface area contributed by atoms with Crippen molar-refractivity contribution in [3.05, 3.63) is 132 Å². The normalized spacial score (nSPS) is 12.9. The van der Waals surface area contributed by atoms with Crippen LogP contribution < -0.4 is 4.72 Å². The summed E-state index contributed by atoms with van der Waals surface area (Å²) in [7, 11) is -3.75. The molecule has 174 valence electrons. The molecule has 6 nitrogen and oxygen atoms in total. The number of pyridine rings is 2. The lowest BCUT2D eigenvalue weighted by Crippen LogP contribution is -2.45. The van der Waals surface area contributed by atoms with Gasteiger partial charge in [0.1, 0.15) is 5.60 Å². The van der Waals surface area contributed by atoms with Crippen molar-refractivity contribution in [1.29, 1.82) is 0 Å². The SMILES string of the molecule is O=S(=O)(CCCc1ccccc1)N[C@H](c1ccccc1)C(O)(c1cccnc1)c1cccnc1. The smallest absolute Gasteiger partial charge is 0.212 e. The molecular weight excluding hydrogens is 446 g/mol. The summed E-state index contributed by atoms with van der Waals surface area (Å²) in [4.78, 5) is 8.35. The highest BCUT2D eigenvalue weighted by Crippen LogP contribution is 2.41. The van der Waals surface area contributed by atoms with Gasteiger partial charge in [-0.2, -0.15) is 0 Å². The largest absolute Gasteiger partial charge is 0.378 e. The van der Waals surface area contributed by atoms with E-state index in [1.807, 2.05) is 48.5 Å². The quantitative estimate of drug-likeness (QED) is 0.363. The number of aryl methyl sites for hydroxylation is 1. The second kappa shape index (κ2) is 10.7. The van der Waals surface area contributed by atoms with Gasteiger partial charge in [-0.3, -0.25) is 9.97 Å². The predicted octanol–water partition coefficient (Wildman–Crippen LogP) is 4.01. The molecule has 0 fully saturated rings. The van der Waals surface area contributed by atoms with Gasteiger partial charge in [0.05, 0.1) is 11.8 Å². The summed E-state index contributed by atoms with van der Waals surface area (Å²) < 4.78 is 29.3. The minimum atomic E-state index is -3.75. The molecule has 2 aromatic heterocycles. The van der Waals surface area contributed by atoms with E-state index in [1.54, 1.807) is 61.2 Å². The number of aromatic nitrogens is 2. The van der Waals surface area contributed by atoms with Crippen molar-refractivity contribution >= 4 is 10.0 Å². The van der Waals surface area contributed by atoms with Gasteiger partial charge in [-0.25, -0.2) is 13.1 Å². The third-order valence-electron chi connectivity index (χ3n) is 5.77. The molecule has 34 heavy (non-hydrogen) atoms. The Morgan fingerprint density at radius 2 is 1.35 bits per heavy atom. The third-order valence-corrected chi connectivity index (χ3v) is 7.19. The fourth-order valence-electron chi connectivity index (χ4n) is 4.07. The average Bonchev–Trinajstić information content (AvgIpc) is 2.89. The van der Waals surface area contributed by atoms with Crippen LogP contribution >= 0.6 is 0 Å². The minimum absolute atomic E-state index is 0.0681. The molecule has 0 saturated carbocycles. The first-order valence-electron chi connectivity index (χ1n) is 11.1. The van der Waals surface area contributed by atoms with Gasteiger partial charge in [-0.15, -0.1) is 0 Å². The summed E-state index contributed by atoms with van der Waals surface area (Å²) >= 11 is 0. The van der Waals surface area contributed by atoms with E-state index in [0.29, 0.717) is 29.5 Å². The highest BCUT2D eigenvalue weighted by molar-refractivity contribution is 7.89. The highest BCUT2D eigenvalue weighted by Gasteiger charge is 2.43. The van der Waals surface area contributed by atoms with Crippen molar-refractivity contribution in [1.82, 2.24) is 14.7 Å². The lowest BCUT2D eigenvalue weighted by atomic mass is 9.79. The molecule has 0 aliphatic rings. The van der Waals surface area contributed by atoms with Crippen molar-refractivity contribution in [2.24, 2.45) is 0 Å². The number of nitrogens with one attached hydrogen (secondary N) is 1. The molecule has 0 bridgehead atoms. The standard InChI is InChI=1S/C27H27N3O3S/c31-27(24-15-7-17-28-20-24,25-16-8-18-29-21-25)26(23-13-5-2-6-14-23)30-34(32,33)19-9-12-22-10-3-1-4-11-22/h1-8,10-11,13-18,20-21,26,30-31H,9,12,19H2/t26-/m1/s1. The Labute approximate surface area is 200 Å². The monoisotopic (exact) mass is 473 g/mol. The van der Waals surface area contributed by atoms with Crippen molar-refractivity contribution < 1.29 is 13.5 Å². The van der Waals surface area contributed by atoms with Gasteiger partial charge in [0.25, 0.3) is 0 Å². The Morgan fingerprint density at radius 1 is 0.794 bits per heavy atom. The van der Waals surface area contributed by atoms with Crippen LogP contribution in [0, 0.1) is 0 Å². The first-order valence-corrected chi connectivity index (χ1v) is 12.8. The van der Waals surface area contributed by atoms with Gasteiger partial charge in [-0.05, 0) is 36.1 Å². The van der Waals surface area contributed by atoms with Crippen LogP contribution in [0.5, 0.6) is 0 Å². The molecule has 0 spiro atoms. The molecule has 0 saturated heterocycles. The second-order valence-corrected chi connectivity index (χ2v) is 9.99. The molecule has 0 aliphatic heterocycles. The molecule has 4 rings (SSSR count). The Bertz CT molecular complexity index is 1230. The van der Waals surface area contributed by atoms with Crippen molar-refractivity contribution in [2.75, 3.05) is 5.75 Å². The molecule has 0 radical (unpaired) electrons. The summed E-state index contributed by atoms with van der Waals surface area (Å²) in [6.07, 6.45) is 7.42. The zero-order chi connectivity index (χ0) is 23.9. The van der Waals surface area contributed by atoms with E-state index in [-0.39, 0.29) is 5.75 Å². The maximum atomic E-state index is 13.3. The number of hydrogen-bond donors (Lipinski definition) is 2. The van der Waals surface area contributed by atoms with E-state index in [4.69, 9.17) is 0 Å². The highest BCUT2D eigenvalue weighted by atomic mass is 32.2. The third kappa shape index (κ3) is 5.56. The summed E-state index contributed by atoms with van der Waals surface area (Å²) in [5.41, 5.74) is 0.896. The molecule has 4 aromatic rings. The van der Waals surface area contributed by atoms with Crippen molar-refractivity contribution in [3.8, 4) is 0 Å². The number of sulfonamides is 1. The number of aliphatic hydroxyl groups is 1. The summed E-state index contributed by atoms with van der Waals surface area (Å²) in [5, 5.41) is 12.2. The number of hydrogen-bond acceptors (Lipinski definition) is 5. The second-order valence-electron chi connectivity index (χ2n) is 8.12. The summed E-state index contributed by atoms with van der Waals surface area (Å²) in [6.45, 7) is 0. The zero-order valence-corrected chi connectivity index (χ0v) is 19.5. The van der Waals surface area contributed by atoms with E-state index in [2.05, 4.69) is 14.7 Å². The van der Waals surface area contributed by atoms with Crippen LogP contribution in [0.15, 0.2) is 110 Å². The number of nitrogens with zero attached hydrogens (tertiary/aromatic N) is 2. The number of benzene rings is 2. The van der Waals surface area contributed by atoms with Crippen LogP contribution in [-0.2, 0) is 22.0 Å². The summed E-state index contributed by atoms with van der Waals surface area (Å²) in [6, 6.07) is 24.8. The van der Waals surface area contributed by atoms with Gasteiger partial charge in [0.2, 0.25) is 10.0 Å². The molecule has 2 heterocycles. The minimum Gasteiger partial charge on any atom is -0.378 e. The lowest BCUT2D eigenvalue weighted by Gasteiger charge is -2.37. The molecule has 0 aliphatic carbocycles. The molecule has 0 unspecified atom stereocenters. The average molecular weight is 474 g/mol. The van der Waals surface area contributed by atoms with Crippen LogP contribution in [0.3, 0.4) is 0 Å². The van der Waals surface area contributed by atoms with Gasteiger partial charge in [-0.1, -0.05) is 72.8 Å². The van der Waals surface area contributed by atoms with Crippen LogP contribution in [-0.4, -0.2) is 29.2 Å². The fourth-order valence-corrected chi connectivity index (χ4v) is 5.37. The molecule has 2 N–H and O–H groups in total. The van der Waals surface area contributed by atoms with Crippen LogP contribution in [0.25, 0.3) is 0 Å². The van der Waals surface area contributed by atoms with Crippen molar-refractivity contribution in [2.45, 2.75) is 24.5 Å². The van der Waals surface area contributed by atoms with Crippen molar-refractivity contribution in [3.63, 3.8) is 0 Å². The Kier molecular flexibility index (Phi) is 7.47. The topological polar surface area (TPSA) is 92.2 Å². The van der Waals surface area contributed by atoms with E-state index < -0.39 is 21.7 Å². The maximum Gasteiger partial charge on any atom is 0.212 e. The van der Waals surface area contributed by atoms with Gasteiger partial charge >= 0.3 is 0 Å². The molecular formula is C27H27N3O3S. The lowest BCUT2D eigenvalue weighted by molar-refractivity contribution is 0.0442. The molecule has 0 amide bonds. The van der Waals surface area contributed by atoms with Gasteiger partial charge < -0.3 is 5.11 Å². The Morgan fingerprint density at radius 3 is 1.88 bits per heavy atom. The molecule has 1 atom stereocenters.